The Labute approximate surface area is 107 Å². The Kier molecular flexibility index (Phi) is 3.36. The fourth-order valence-electron chi connectivity index (χ4n) is 2.09. The summed E-state index contributed by atoms with van der Waals surface area (Å²) in [6.07, 6.45) is 0.551. The molecule has 1 unspecified atom stereocenters. The molecule has 1 saturated heterocycles. The summed E-state index contributed by atoms with van der Waals surface area (Å²) in [4.78, 5) is 24.3. The smallest absolute Gasteiger partial charge is 0.324 e. The maximum absolute atomic E-state index is 11.8. The molecule has 0 saturated carbocycles. The van der Waals surface area contributed by atoms with Crippen LogP contribution in [0.3, 0.4) is 0 Å². The number of likely N-dealkylation sites (N-methyl/N-ethyl adjacent to an activating group) is 1. The molecule has 1 aliphatic rings. The highest BCUT2D eigenvalue weighted by molar-refractivity contribution is 6.03. The highest BCUT2D eigenvalue weighted by atomic mass is 16.2. The van der Waals surface area contributed by atoms with Crippen molar-refractivity contribution in [3.63, 3.8) is 0 Å². The summed E-state index contributed by atoms with van der Waals surface area (Å²) in [5, 5.41) is 2.69. The Morgan fingerprint density at radius 3 is 2.61 bits per heavy atom. The van der Waals surface area contributed by atoms with Crippen LogP contribution in [0.15, 0.2) is 24.3 Å². The average molecular weight is 246 g/mol. The van der Waals surface area contributed by atoms with E-state index in [1.807, 2.05) is 12.1 Å². The molecule has 1 atom stereocenters. The van der Waals surface area contributed by atoms with Crippen molar-refractivity contribution in [2.45, 2.75) is 32.2 Å². The van der Waals surface area contributed by atoms with Crippen molar-refractivity contribution in [1.82, 2.24) is 10.2 Å². The van der Waals surface area contributed by atoms with Gasteiger partial charge in [-0.2, -0.15) is 0 Å². The van der Waals surface area contributed by atoms with Gasteiger partial charge in [-0.1, -0.05) is 38.1 Å². The molecule has 1 aromatic rings. The monoisotopic (exact) mass is 246 g/mol. The number of nitrogens with one attached hydrogen (secondary N) is 1. The van der Waals surface area contributed by atoms with Crippen molar-refractivity contribution in [3.05, 3.63) is 35.4 Å². The molecule has 4 heteroatoms. The highest BCUT2D eigenvalue weighted by Crippen LogP contribution is 2.17. The molecule has 4 nitrogen and oxygen atoms in total. The number of carbonyl (C=O) groups excluding carboxylic acids is 2. The predicted molar refractivity (Wildman–Crippen MR) is 69.3 cm³/mol. The quantitative estimate of drug-likeness (QED) is 0.828. The highest BCUT2D eigenvalue weighted by Gasteiger charge is 2.35. The van der Waals surface area contributed by atoms with Gasteiger partial charge in [0.2, 0.25) is 0 Å². The third kappa shape index (κ3) is 2.37. The van der Waals surface area contributed by atoms with Crippen molar-refractivity contribution >= 4 is 11.9 Å². The van der Waals surface area contributed by atoms with Gasteiger partial charge in [-0.3, -0.25) is 9.69 Å². The molecule has 1 heterocycles. The molecule has 96 valence electrons. The number of imide groups is 1. The zero-order valence-corrected chi connectivity index (χ0v) is 10.9. The number of rotatable bonds is 3. The SMILES string of the molecule is CC(C)c1cccc(CC2NC(=O)N(C)C2=O)c1. The number of nitrogens with zero attached hydrogens (tertiary/aromatic N) is 1. The number of carbonyl (C=O) groups is 2. The summed E-state index contributed by atoms with van der Waals surface area (Å²) in [7, 11) is 1.50. The zero-order valence-electron chi connectivity index (χ0n) is 10.9. The molecule has 1 aromatic carbocycles. The molecule has 1 aliphatic heterocycles. The Bertz CT molecular complexity index is 482. The van der Waals surface area contributed by atoms with Crippen LogP contribution in [0.1, 0.15) is 30.9 Å². The molecule has 0 aliphatic carbocycles. The van der Waals surface area contributed by atoms with Crippen LogP contribution in [0.5, 0.6) is 0 Å². The van der Waals surface area contributed by atoms with Crippen molar-refractivity contribution in [2.75, 3.05) is 7.05 Å². The lowest BCUT2D eigenvalue weighted by Crippen LogP contribution is -2.31. The molecule has 1 N–H and O–H groups in total. The Morgan fingerprint density at radius 2 is 2.06 bits per heavy atom. The van der Waals surface area contributed by atoms with Crippen LogP contribution in [0.25, 0.3) is 0 Å². The van der Waals surface area contributed by atoms with E-state index in [-0.39, 0.29) is 11.9 Å². The molecule has 2 rings (SSSR count). The summed E-state index contributed by atoms with van der Waals surface area (Å²) in [5.41, 5.74) is 2.33. The van der Waals surface area contributed by atoms with Crippen LogP contribution < -0.4 is 5.32 Å². The van der Waals surface area contributed by atoms with Gasteiger partial charge in [0.1, 0.15) is 6.04 Å². The largest absolute Gasteiger partial charge is 0.325 e. The number of hydrogen-bond donors (Lipinski definition) is 1. The molecular formula is C14H18N2O2. The topological polar surface area (TPSA) is 49.4 Å². The second kappa shape index (κ2) is 4.80. The fraction of sp³-hybridized carbons (Fsp3) is 0.429. The van der Waals surface area contributed by atoms with E-state index in [0.717, 1.165) is 10.5 Å². The lowest BCUT2D eigenvalue weighted by molar-refractivity contribution is -0.126. The van der Waals surface area contributed by atoms with Gasteiger partial charge in [0.15, 0.2) is 0 Å². The van der Waals surface area contributed by atoms with Gasteiger partial charge in [0, 0.05) is 13.5 Å². The zero-order chi connectivity index (χ0) is 13.3. The first-order chi connectivity index (χ1) is 8.49. The second-order valence-electron chi connectivity index (χ2n) is 5.00. The summed E-state index contributed by atoms with van der Waals surface area (Å²) >= 11 is 0. The molecule has 1 fully saturated rings. The minimum atomic E-state index is -0.426. The third-order valence-electron chi connectivity index (χ3n) is 3.29. The van der Waals surface area contributed by atoms with Gasteiger partial charge in [0.25, 0.3) is 5.91 Å². The van der Waals surface area contributed by atoms with Crippen molar-refractivity contribution in [1.29, 1.82) is 0 Å². The third-order valence-corrected chi connectivity index (χ3v) is 3.29. The summed E-state index contributed by atoms with van der Waals surface area (Å²) in [6.45, 7) is 4.27. The van der Waals surface area contributed by atoms with Crippen LogP contribution in [-0.2, 0) is 11.2 Å². The minimum absolute atomic E-state index is 0.157. The van der Waals surface area contributed by atoms with E-state index in [1.165, 1.54) is 12.6 Å². The molecule has 0 spiro atoms. The van der Waals surface area contributed by atoms with E-state index < -0.39 is 6.04 Å². The lowest BCUT2D eigenvalue weighted by Gasteiger charge is -2.11. The Morgan fingerprint density at radius 1 is 1.33 bits per heavy atom. The van der Waals surface area contributed by atoms with Crippen molar-refractivity contribution in [2.24, 2.45) is 0 Å². The van der Waals surface area contributed by atoms with E-state index in [0.29, 0.717) is 12.3 Å². The van der Waals surface area contributed by atoms with Crippen LogP contribution in [-0.4, -0.2) is 29.9 Å². The summed E-state index contributed by atoms with van der Waals surface area (Å²) in [5.74, 6) is 0.302. The van der Waals surface area contributed by atoms with Gasteiger partial charge >= 0.3 is 6.03 Å². The fourth-order valence-corrected chi connectivity index (χ4v) is 2.09. The maximum Gasteiger partial charge on any atom is 0.324 e. The normalized spacial score (nSPS) is 19.6. The van der Waals surface area contributed by atoms with Crippen LogP contribution in [0.2, 0.25) is 0 Å². The maximum atomic E-state index is 11.8. The molecule has 0 aromatic heterocycles. The molecule has 0 radical (unpaired) electrons. The Balaban J connectivity index is 2.13. The average Bonchev–Trinajstić information content (AvgIpc) is 2.57. The molecular weight excluding hydrogens is 228 g/mol. The first kappa shape index (κ1) is 12.6. The molecule has 0 bridgehead atoms. The number of amides is 3. The first-order valence-electron chi connectivity index (χ1n) is 6.16. The van der Waals surface area contributed by atoms with Crippen LogP contribution in [0.4, 0.5) is 4.79 Å². The van der Waals surface area contributed by atoms with Crippen molar-refractivity contribution < 1.29 is 9.59 Å². The molecule has 3 amide bonds. The second-order valence-corrected chi connectivity index (χ2v) is 5.00. The number of benzene rings is 1. The van der Waals surface area contributed by atoms with E-state index in [4.69, 9.17) is 0 Å². The minimum Gasteiger partial charge on any atom is -0.325 e. The predicted octanol–water partition coefficient (Wildman–Crippen LogP) is 1.90. The van der Waals surface area contributed by atoms with Gasteiger partial charge in [0.05, 0.1) is 0 Å². The standard InChI is InChI=1S/C14H18N2O2/c1-9(2)11-6-4-5-10(7-11)8-12-13(17)16(3)14(18)15-12/h4-7,9,12H,8H2,1-3H3,(H,15,18). The summed E-state index contributed by atoms with van der Waals surface area (Å²) < 4.78 is 0. The number of urea groups is 1. The van der Waals surface area contributed by atoms with Crippen LogP contribution in [0, 0.1) is 0 Å². The summed E-state index contributed by atoms with van der Waals surface area (Å²) in [6, 6.07) is 7.42. The van der Waals surface area contributed by atoms with E-state index >= 15 is 0 Å². The van der Waals surface area contributed by atoms with Crippen LogP contribution >= 0.6 is 0 Å². The van der Waals surface area contributed by atoms with E-state index in [1.54, 1.807) is 0 Å². The van der Waals surface area contributed by atoms with Gasteiger partial charge < -0.3 is 5.32 Å². The van der Waals surface area contributed by atoms with Crippen molar-refractivity contribution in [3.8, 4) is 0 Å². The first-order valence-corrected chi connectivity index (χ1v) is 6.16. The van der Waals surface area contributed by atoms with Gasteiger partial charge in [-0.25, -0.2) is 4.79 Å². The lowest BCUT2D eigenvalue weighted by atomic mass is 9.98. The van der Waals surface area contributed by atoms with E-state index in [2.05, 4.69) is 31.3 Å². The Hall–Kier alpha value is -1.84. The van der Waals surface area contributed by atoms with Gasteiger partial charge in [-0.15, -0.1) is 0 Å². The van der Waals surface area contributed by atoms with Gasteiger partial charge in [-0.05, 0) is 17.0 Å². The molecule has 18 heavy (non-hydrogen) atoms. The number of hydrogen-bond acceptors (Lipinski definition) is 2. The van der Waals surface area contributed by atoms with E-state index in [9.17, 15) is 9.59 Å².